The summed E-state index contributed by atoms with van der Waals surface area (Å²) >= 11 is 0. The van der Waals surface area contributed by atoms with Crippen LogP contribution >= 0.6 is 0 Å². The number of aliphatic hydroxyl groups is 3. The summed E-state index contributed by atoms with van der Waals surface area (Å²) in [6, 6.07) is 0. The fourth-order valence-electron chi connectivity index (χ4n) is 7.62. The number of allylic oxidation sites excluding steroid dienone is 4. The Balaban J connectivity index is 1.43. The highest BCUT2D eigenvalue weighted by atomic mass is 16.3. The SMILES string of the molecule is CCCC(=O)C1([C@H](O)C=C[C@@H](C)[C@H]2CC[C@H]3C(=CC=C4C[C@@H](O)C[C@H](O)C4)CCC[C@]23C)CC1. The van der Waals surface area contributed by atoms with E-state index in [1.54, 1.807) is 0 Å². The molecule has 0 spiro atoms. The zero-order valence-electron chi connectivity index (χ0n) is 21.5. The highest BCUT2D eigenvalue weighted by molar-refractivity contribution is 5.88. The third-order valence-corrected chi connectivity index (χ3v) is 9.73. The predicted octanol–water partition coefficient (Wildman–Crippen LogP) is 5.66. The van der Waals surface area contributed by atoms with E-state index in [1.165, 1.54) is 31.3 Å². The molecule has 0 aromatic heterocycles. The molecule has 0 aliphatic heterocycles. The molecule has 3 N–H and O–H groups in total. The first kappa shape index (κ1) is 25.9. The molecule has 0 heterocycles. The van der Waals surface area contributed by atoms with Crippen LogP contribution < -0.4 is 0 Å². The number of rotatable bonds is 8. The zero-order valence-corrected chi connectivity index (χ0v) is 21.5. The van der Waals surface area contributed by atoms with Gasteiger partial charge in [0.25, 0.3) is 0 Å². The van der Waals surface area contributed by atoms with Gasteiger partial charge in [-0.3, -0.25) is 4.79 Å². The highest BCUT2D eigenvalue weighted by Gasteiger charge is 2.54. The molecule has 0 saturated heterocycles. The van der Waals surface area contributed by atoms with Crippen LogP contribution in [-0.2, 0) is 4.79 Å². The number of fused-ring (bicyclic) bond motifs is 1. The second kappa shape index (κ2) is 10.4. The molecule has 4 rings (SSSR count). The van der Waals surface area contributed by atoms with Gasteiger partial charge < -0.3 is 15.3 Å². The summed E-state index contributed by atoms with van der Waals surface area (Å²) in [5.74, 6) is 1.78. The van der Waals surface area contributed by atoms with Crippen molar-refractivity contribution >= 4 is 5.78 Å². The Morgan fingerprint density at radius 3 is 2.44 bits per heavy atom. The first-order chi connectivity index (χ1) is 16.2. The Hall–Kier alpha value is -1.23. The van der Waals surface area contributed by atoms with Gasteiger partial charge in [0.15, 0.2) is 0 Å². The van der Waals surface area contributed by atoms with Crippen LogP contribution in [0, 0.1) is 28.6 Å². The molecule has 0 amide bonds. The number of carbonyl (C=O) groups excluding carboxylic acids is 1. The van der Waals surface area contributed by atoms with Gasteiger partial charge in [0.2, 0.25) is 0 Å². The lowest BCUT2D eigenvalue weighted by Crippen LogP contribution is -2.35. The molecule has 4 aliphatic carbocycles. The Morgan fingerprint density at radius 1 is 1.09 bits per heavy atom. The predicted molar refractivity (Wildman–Crippen MR) is 136 cm³/mol. The molecule has 4 aliphatic rings. The standard InChI is InChI=1S/C30H46O4/c1-4-6-27(33)30(15-16-30)28(34)13-8-20(2)25-11-12-26-22(7-5-14-29(25,26)3)10-9-21-17-23(31)19-24(32)18-21/h8-10,13,20,23-26,28,31-32,34H,4-7,11-12,14-19H2,1-3H3/t20-,23-,24-,25-,26+,28-,29-/m1/s1. The molecule has 4 saturated carbocycles. The van der Waals surface area contributed by atoms with Gasteiger partial charge >= 0.3 is 0 Å². The quantitative estimate of drug-likeness (QED) is 0.400. The molecule has 0 unspecified atom stereocenters. The number of carbonyl (C=O) groups is 1. The molecule has 0 radical (unpaired) electrons. The van der Waals surface area contributed by atoms with Crippen molar-refractivity contribution < 1.29 is 20.1 Å². The minimum Gasteiger partial charge on any atom is -0.393 e. The van der Waals surface area contributed by atoms with Crippen molar-refractivity contribution in [3.05, 3.63) is 35.5 Å². The number of hydrogen-bond acceptors (Lipinski definition) is 4. The maximum Gasteiger partial charge on any atom is 0.141 e. The Bertz CT molecular complexity index is 823. The van der Waals surface area contributed by atoms with Crippen molar-refractivity contribution in [3.8, 4) is 0 Å². The Kier molecular flexibility index (Phi) is 7.91. The van der Waals surface area contributed by atoms with Crippen LogP contribution in [0.25, 0.3) is 0 Å². The Labute approximate surface area is 206 Å². The number of aliphatic hydroxyl groups excluding tert-OH is 3. The smallest absolute Gasteiger partial charge is 0.141 e. The monoisotopic (exact) mass is 470 g/mol. The number of hydrogen-bond donors (Lipinski definition) is 3. The van der Waals surface area contributed by atoms with Crippen LogP contribution in [0.4, 0.5) is 0 Å². The second-order valence-corrected chi connectivity index (χ2v) is 12.1. The number of ketones is 1. The summed E-state index contributed by atoms with van der Waals surface area (Å²) in [5.41, 5.74) is 2.47. The average molecular weight is 471 g/mol. The molecule has 0 aromatic carbocycles. The van der Waals surface area contributed by atoms with Crippen LogP contribution in [0.3, 0.4) is 0 Å². The topological polar surface area (TPSA) is 77.8 Å². The fourth-order valence-corrected chi connectivity index (χ4v) is 7.62. The average Bonchev–Trinajstić information content (AvgIpc) is 3.52. The first-order valence-electron chi connectivity index (χ1n) is 13.8. The van der Waals surface area contributed by atoms with Gasteiger partial charge in [-0.1, -0.05) is 56.2 Å². The van der Waals surface area contributed by atoms with Crippen LogP contribution in [0.2, 0.25) is 0 Å². The van der Waals surface area contributed by atoms with Crippen LogP contribution in [-0.4, -0.2) is 39.4 Å². The van der Waals surface area contributed by atoms with E-state index >= 15 is 0 Å². The van der Waals surface area contributed by atoms with Crippen molar-refractivity contribution in [2.45, 2.75) is 116 Å². The molecule has 0 aromatic rings. The van der Waals surface area contributed by atoms with Gasteiger partial charge in [-0.25, -0.2) is 0 Å². The zero-order chi connectivity index (χ0) is 24.5. The highest BCUT2D eigenvalue weighted by Crippen LogP contribution is 2.59. The van der Waals surface area contributed by atoms with Crippen molar-refractivity contribution in [1.82, 2.24) is 0 Å². The third-order valence-electron chi connectivity index (χ3n) is 9.73. The van der Waals surface area contributed by atoms with E-state index in [2.05, 4.69) is 32.1 Å². The van der Waals surface area contributed by atoms with Gasteiger partial charge in [0.05, 0.1) is 23.7 Å². The van der Waals surface area contributed by atoms with Gasteiger partial charge in [0.1, 0.15) is 5.78 Å². The molecule has 4 heteroatoms. The summed E-state index contributed by atoms with van der Waals surface area (Å²) in [5, 5.41) is 30.9. The lowest BCUT2D eigenvalue weighted by molar-refractivity contribution is -0.127. The summed E-state index contributed by atoms with van der Waals surface area (Å²) in [4.78, 5) is 12.5. The molecule has 0 bridgehead atoms. The second-order valence-electron chi connectivity index (χ2n) is 12.1. The van der Waals surface area contributed by atoms with Crippen molar-refractivity contribution in [2.75, 3.05) is 0 Å². The van der Waals surface area contributed by atoms with E-state index in [-0.39, 0.29) is 11.2 Å². The van der Waals surface area contributed by atoms with Gasteiger partial charge in [-0.15, -0.1) is 0 Å². The third kappa shape index (κ3) is 5.15. The Morgan fingerprint density at radius 2 is 1.79 bits per heavy atom. The van der Waals surface area contributed by atoms with Gasteiger partial charge in [-0.2, -0.15) is 0 Å². The largest absolute Gasteiger partial charge is 0.393 e. The van der Waals surface area contributed by atoms with Crippen LogP contribution in [0.1, 0.15) is 97.8 Å². The molecule has 190 valence electrons. The number of Topliss-reactive ketones (excluding diaryl/α,β-unsaturated/α-hetero) is 1. The lowest BCUT2D eigenvalue weighted by atomic mass is 9.61. The molecule has 4 fully saturated rings. The van der Waals surface area contributed by atoms with E-state index in [4.69, 9.17) is 0 Å². The van der Waals surface area contributed by atoms with E-state index in [9.17, 15) is 20.1 Å². The molecule has 4 nitrogen and oxygen atoms in total. The lowest BCUT2D eigenvalue weighted by Gasteiger charge is -2.44. The molecular formula is C30H46O4. The summed E-state index contributed by atoms with van der Waals surface area (Å²) < 4.78 is 0. The minimum absolute atomic E-state index is 0.238. The van der Waals surface area contributed by atoms with Crippen LogP contribution in [0.15, 0.2) is 35.5 Å². The van der Waals surface area contributed by atoms with Crippen molar-refractivity contribution in [3.63, 3.8) is 0 Å². The maximum absolute atomic E-state index is 12.5. The van der Waals surface area contributed by atoms with E-state index in [0.29, 0.717) is 43.4 Å². The molecule has 7 atom stereocenters. The van der Waals surface area contributed by atoms with E-state index < -0.39 is 23.7 Å². The van der Waals surface area contributed by atoms with Crippen LogP contribution in [0.5, 0.6) is 0 Å². The molecular weight excluding hydrogens is 424 g/mol. The normalized spacial score (nSPS) is 38.1. The molecule has 34 heavy (non-hydrogen) atoms. The van der Waals surface area contributed by atoms with Gasteiger partial charge in [-0.05, 0) is 93.8 Å². The van der Waals surface area contributed by atoms with Gasteiger partial charge in [0, 0.05) is 6.42 Å². The fraction of sp³-hybridized carbons (Fsp3) is 0.767. The van der Waals surface area contributed by atoms with E-state index in [0.717, 1.165) is 31.3 Å². The summed E-state index contributed by atoms with van der Waals surface area (Å²) in [6.45, 7) is 6.79. The van der Waals surface area contributed by atoms with Crippen molar-refractivity contribution in [2.24, 2.45) is 28.6 Å². The minimum atomic E-state index is -0.645. The van der Waals surface area contributed by atoms with Crippen molar-refractivity contribution in [1.29, 1.82) is 0 Å². The maximum atomic E-state index is 12.5. The first-order valence-corrected chi connectivity index (χ1v) is 13.8. The summed E-state index contributed by atoms with van der Waals surface area (Å²) in [7, 11) is 0. The summed E-state index contributed by atoms with van der Waals surface area (Å²) in [6.07, 6.45) is 18.1. The van der Waals surface area contributed by atoms with E-state index in [1.807, 2.05) is 13.0 Å².